The molecule has 1 rings (SSSR count). The number of amides is 2. The van der Waals surface area contributed by atoms with E-state index >= 15 is 0 Å². The maximum absolute atomic E-state index is 11.5. The fraction of sp³-hybridized carbons (Fsp3) is 0.385. The average molecular weight is 321 g/mol. The highest BCUT2D eigenvalue weighted by molar-refractivity contribution is 6.31. The van der Waals surface area contributed by atoms with Gasteiger partial charge in [0.1, 0.15) is 5.60 Å². The van der Waals surface area contributed by atoms with Crippen molar-refractivity contribution in [3.63, 3.8) is 0 Å². The van der Waals surface area contributed by atoms with E-state index in [1.54, 1.807) is 32.9 Å². The van der Waals surface area contributed by atoms with Crippen LogP contribution in [0.1, 0.15) is 36.7 Å². The number of benzene rings is 1. The maximum atomic E-state index is 11.5. The largest absolute Gasteiger partial charge is 0.444 e. The Hall–Kier alpha value is -1.46. The summed E-state index contributed by atoms with van der Waals surface area (Å²) in [4.78, 5) is 22.8. The highest BCUT2D eigenvalue weighted by atomic mass is 35.5. The predicted molar refractivity (Wildman–Crippen MR) is 80.3 cm³/mol. The Kier molecular flexibility index (Phi) is 6.82. The molecule has 1 aromatic rings. The number of hydrogen-bond donors (Lipinski definition) is 2. The lowest BCUT2D eigenvalue weighted by atomic mass is 10.1. The van der Waals surface area contributed by atoms with E-state index in [2.05, 4.69) is 5.32 Å². The van der Waals surface area contributed by atoms with Crippen LogP contribution in [0.3, 0.4) is 0 Å². The SMILES string of the molecule is CC(C)(C)OC(=O)NCc1ccc(Cl)cc1C(N)=O.Cl. The number of halogens is 2. The number of ether oxygens (including phenoxy) is 1. The second kappa shape index (κ2) is 7.36. The zero-order valence-corrected chi connectivity index (χ0v) is 13.1. The van der Waals surface area contributed by atoms with Crippen molar-refractivity contribution in [2.75, 3.05) is 0 Å². The van der Waals surface area contributed by atoms with E-state index in [0.29, 0.717) is 10.6 Å². The van der Waals surface area contributed by atoms with Crippen molar-refractivity contribution in [2.24, 2.45) is 5.73 Å². The van der Waals surface area contributed by atoms with Crippen molar-refractivity contribution in [3.05, 3.63) is 34.3 Å². The van der Waals surface area contributed by atoms with Crippen LogP contribution in [0.15, 0.2) is 18.2 Å². The van der Waals surface area contributed by atoms with Gasteiger partial charge in [0, 0.05) is 17.1 Å². The molecule has 3 N–H and O–H groups in total. The summed E-state index contributed by atoms with van der Waals surface area (Å²) in [6.45, 7) is 5.45. The first-order valence-corrected chi connectivity index (χ1v) is 6.12. The van der Waals surface area contributed by atoms with Crippen LogP contribution in [-0.4, -0.2) is 17.6 Å². The highest BCUT2D eigenvalue weighted by Gasteiger charge is 2.16. The number of alkyl carbamates (subject to hydrolysis) is 1. The standard InChI is InChI=1S/C13H17ClN2O3.ClH/c1-13(2,3)19-12(18)16-7-8-4-5-9(14)6-10(8)11(15)17;/h4-6H,7H2,1-3H3,(H2,15,17)(H,16,18);1H. The van der Waals surface area contributed by atoms with E-state index < -0.39 is 17.6 Å². The van der Waals surface area contributed by atoms with Crippen LogP contribution in [0.2, 0.25) is 5.02 Å². The summed E-state index contributed by atoms with van der Waals surface area (Å²) in [6, 6.07) is 4.73. The molecule has 0 aliphatic heterocycles. The number of hydrogen-bond acceptors (Lipinski definition) is 3. The molecule has 0 bridgehead atoms. The Morgan fingerprint density at radius 1 is 1.35 bits per heavy atom. The van der Waals surface area contributed by atoms with E-state index in [1.807, 2.05) is 0 Å². The third kappa shape index (κ3) is 6.12. The lowest BCUT2D eigenvalue weighted by molar-refractivity contribution is 0.0523. The summed E-state index contributed by atoms with van der Waals surface area (Å²) in [7, 11) is 0. The van der Waals surface area contributed by atoms with Gasteiger partial charge in [-0.1, -0.05) is 17.7 Å². The summed E-state index contributed by atoms with van der Waals surface area (Å²) in [6.07, 6.45) is -0.558. The van der Waals surface area contributed by atoms with Crippen molar-refractivity contribution >= 4 is 36.0 Å². The van der Waals surface area contributed by atoms with Crippen molar-refractivity contribution in [2.45, 2.75) is 32.9 Å². The molecule has 0 atom stereocenters. The van der Waals surface area contributed by atoms with Crippen LogP contribution >= 0.6 is 24.0 Å². The molecule has 0 fully saturated rings. The van der Waals surface area contributed by atoms with Gasteiger partial charge in [0.2, 0.25) is 5.91 Å². The molecule has 0 saturated heterocycles. The second-order valence-corrected chi connectivity index (χ2v) is 5.46. The second-order valence-electron chi connectivity index (χ2n) is 5.02. The summed E-state index contributed by atoms with van der Waals surface area (Å²) in [5.41, 5.74) is 5.54. The molecule has 0 saturated carbocycles. The molecule has 5 nitrogen and oxygen atoms in total. The number of primary amides is 1. The van der Waals surface area contributed by atoms with Gasteiger partial charge >= 0.3 is 6.09 Å². The third-order valence-electron chi connectivity index (χ3n) is 2.16. The molecule has 0 spiro atoms. The number of nitrogens with two attached hydrogens (primary N) is 1. The minimum atomic E-state index is -0.594. The normalized spacial score (nSPS) is 10.4. The fourth-order valence-corrected chi connectivity index (χ4v) is 1.59. The molecular weight excluding hydrogens is 303 g/mol. The predicted octanol–water partition coefficient (Wildman–Crippen LogP) is 2.89. The summed E-state index contributed by atoms with van der Waals surface area (Å²) in [5.74, 6) is -0.594. The Balaban J connectivity index is 0.00000361. The van der Waals surface area contributed by atoms with Gasteiger partial charge in [-0.05, 0) is 38.5 Å². The van der Waals surface area contributed by atoms with Crippen molar-refractivity contribution < 1.29 is 14.3 Å². The van der Waals surface area contributed by atoms with E-state index in [0.717, 1.165) is 0 Å². The molecule has 0 unspecified atom stereocenters. The summed E-state index contributed by atoms with van der Waals surface area (Å²) in [5, 5.41) is 2.97. The monoisotopic (exact) mass is 320 g/mol. The van der Waals surface area contributed by atoms with Crippen LogP contribution in [0.5, 0.6) is 0 Å². The minimum Gasteiger partial charge on any atom is -0.444 e. The average Bonchev–Trinajstić information content (AvgIpc) is 2.24. The Bertz CT molecular complexity index is 499. The first kappa shape index (κ1) is 18.5. The molecule has 20 heavy (non-hydrogen) atoms. The molecular formula is C13H18Cl2N2O3. The number of rotatable bonds is 3. The van der Waals surface area contributed by atoms with Gasteiger partial charge < -0.3 is 15.8 Å². The number of nitrogens with one attached hydrogen (secondary N) is 1. The molecule has 0 heterocycles. The Labute approximate surface area is 129 Å². The minimum absolute atomic E-state index is 0. The van der Waals surface area contributed by atoms with Gasteiger partial charge in [0.15, 0.2) is 0 Å². The van der Waals surface area contributed by atoms with Gasteiger partial charge in [0.05, 0.1) is 0 Å². The zero-order valence-electron chi connectivity index (χ0n) is 11.5. The van der Waals surface area contributed by atoms with E-state index in [1.165, 1.54) is 6.07 Å². The van der Waals surface area contributed by atoms with E-state index in [9.17, 15) is 9.59 Å². The number of carbonyl (C=O) groups excluding carboxylic acids is 2. The van der Waals surface area contributed by atoms with Crippen LogP contribution in [0.25, 0.3) is 0 Å². The van der Waals surface area contributed by atoms with Crippen LogP contribution in [0.4, 0.5) is 4.79 Å². The van der Waals surface area contributed by atoms with Gasteiger partial charge in [-0.2, -0.15) is 0 Å². The molecule has 0 radical (unpaired) electrons. The highest BCUT2D eigenvalue weighted by Crippen LogP contribution is 2.16. The topological polar surface area (TPSA) is 81.4 Å². The molecule has 0 aromatic heterocycles. The molecule has 2 amide bonds. The molecule has 0 aliphatic rings. The summed E-state index contributed by atoms with van der Waals surface area (Å²) >= 11 is 5.79. The number of carbonyl (C=O) groups is 2. The quantitative estimate of drug-likeness (QED) is 0.898. The van der Waals surface area contributed by atoms with Crippen molar-refractivity contribution in [1.82, 2.24) is 5.32 Å². The first-order valence-electron chi connectivity index (χ1n) is 5.74. The Morgan fingerprint density at radius 3 is 2.45 bits per heavy atom. The maximum Gasteiger partial charge on any atom is 0.407 e. The van der Waals surface area contributed by atoms with Gasteiger partial charge in [-0.15, -0.1) is 12.4 Å². The van der Waals surface area contributed by atoms with E-state index in [-0.39, 0.29) is 24.5 Å². The third-order valence-corrected chi connectivity index (χ3v) is 2.39. The Morgan fingerprint density at radius 2 is 1.95 bits per heavy atom. The molecule has 112 valence electrons. The summed E-state index contributed by atoms with van der Waals surface area (Å²) < 4.78 is 5.09. The zero-order chi connectivity index (χ0) is 14.6. The molecule has 7 heteroatoms. The van der Waals surface area contributed by atoms with Gasteiger partial charge in [-0.3, -0.25) is 4.79 Å². The lowest BCUT2D eigenvalue weighted by Gasteiger charge is -2.20. The van der Waals surface area contributed by atoms with E-state index in [4.69, 9.17) is 22.1 Å². The smallest absolute Gasteiger partial charge is 0.407 e. The van der Waals surface area contributed by atoms with Crippen LogP contribution in [0, 0.1) is 0 Å². The first-order chi connectivity index (χ1) is 8.69. The van der Waals surface area contributed by atoms with Gasteiger partial charge in [0.25, 0.3) is 0 Å². The fourth-order valence-electron chi connectivity index (χ4n) is 1.41. The van der Waals surface area contributed by atoms with Crippen molar-refractivity contribution in [3.8, 4) is 0 Å². The molecule has 1 aromatic carbocycles. The molecule has 0 aliphatic carbocycles. The van der Waals surface area contributed by atoms with Crippen molar-refractivity contribution in [1.29, 1.82) is 0 Å². The van der Waals surface area contributed by atoms with Crippen LogP contribution < -0.4 is 11.1 Å². The lowest BCUT2D eigenvalue weighted by Crippen LogP contribution is -2.32. The van der Waals surface area contributed by atoms with Gasteiger partial charge in [-0.25, -0.2) is 4.79 Å². The van der Waals surface area contributed by atoms with Crippen LogP contribution in [-0.2, 0) is 11.3 Å².